The van der Waals surface area contributed by atoms with E-state index in [1.54, 1.807) is 87.2 Å². The molecule has 4 aromatic rings. The first-order chi connectivity index (χ1) is 40.4. The molecule has 25 heteroatoms. The predicted molar refractivity (Wildman–Crippen MR) is 373 cm³/mol. The molecular formula is C63H89B3BrCl9MgN4O7. The van der Waals surface area contributed by atoms with Gasteiger partial charge in [-0.3, -0.25) is 9.59 Å². The van der Waals surface area contributed by atoms with Gasteiger partial charge in [0.25, 0.3) is 0 Å². The number of halogens is 10. The molecule has 4 heterocycles. The van der Waals surface area contributed by atoms with E-state index in [4.69, 9.17) is 92.8 Å². The summed E-state index contributed by atoms with van der Waals surface area (Å²) in [6.07, 6.45) is 19.5. The van der Waals surface area contributed by atoms with Gasteiger partial charge in [-0.2, -0.15) is 35.9 Å². The monoisotopic (exact) mass is 1460 g/mol. The molecule has 0 radical (unpaired) electrons. The number of aliphatic hydroxyl groups is 1. The van der Waals surface area contributed by atoms with Crippen molar-refractivity contribution in [3.05, 3.63) is 136 Å². The van der Waals surface area contributed by atoms with Crippen molar-refractivity contribution in [1.82, 2.24) is 19.7 Å². The van der Waals surface area contributed by atoms with Crippen molar-refractivity contribution in [2.45, 2.75) is 205 Å². The third-order valence-electron chi connectivity index (χ3n) is 17.1. The number of aliphatic hydroxyl groups excluding tert-OH is 1. The molecule has 0 amide bonds. The topological polar surface area (TPSA) is 154 Å². The second-order valence-electron chi connectivity index (χ2n) is 23.0. The molecule has 4 aliphatic rings. The number of carbonyl (C=O) groups is 3. The molecule has 484 valence electrons. The molecule has 4 aromatic carbocycles. The van der Waals surface area contributed by atoms with Gasteiger partial charge >= 0.3 is 44.2 Å². The summed E-state index contributed by atoms with van der Waals surface area (Å²) in [4.78, 5) is 43.1. The third kappa shape index (κ3) is 23.2. The smallest absolute Gasteiger partial charge is 1.00 e. The normalized spacial score (nSPS) is 21.6. The van der Waals surface area contributed by atoms with Gasteiger partial charge in [0.1, 0.15) is 6.29 Å². The molecule has 0 bridgehead atoms. The van der Waals surface area contributed by atoms with E-state index < -0.39 is 43.9 Å². The molecule has 4 aliphatic heterocycles. The van der Waals surface area contributed by atoms with Gasteiger partial charge in [0, 0.05) is 16.7 Å². The number of Topliss-reactive ketones (excluding diaryl/α,β-unsaturated/α-hetero) is 2. The van der Waals surface area contributed by atoms with Crippen molar-refractivity contribution in [1.29, 1.82) is 0 Å². The van der Waals surface area contributed by atoms with Crippen LogP contribution in [0.5, 0.6) is 0 Å². The Morgan fingerprint density at radius 2 is 1.05 bits per heavy atom. The second kappa shape index (κ2) is 42.2. The van der Waals surface area contributed by atoms with Crippen LogP contribution in [0.1, 0.15) is 188 Å². The predicted octanol–water partition coefficient (Wildman–Crippen LogP) is 14.1. The number of aldehydes is 1. The Kier molecular flexibility index (Phi) is 41.1. The second-order valence-corrected chi connectivity index (χ2v) is 26.3. The molecule has 8 rings (SSSR count). The molecule has 0 saturated carbocycles. The average Bonchev–Trinajstić information content (AvgIpc) is 1.58. The van der Waals surface area contributed by atoms with Gasteiger partial charge < -0.3 is 61.7 Å². The summed E-state index contributed by atoms with van der Waals surface area (Å²) in [6.45, 7) is 17.1. The number of ketones is 2. The Hall–Kier alpha value is -0.379. The van der Waals surface area contributed by atoms with Crippen molar-refractivity contribution >= 4 is 167 Å². The van der Waals surface area contributed by atoms with Crippen molar-refractivity contribution in [3.8, 4) is 0 Å². The summed E-state index contributed by atoms with van der Waals surface area (Å²) >= 11 is 47.1. The number of rotatable bonds is 22. The Labute approximate surface area is 599 Å². The number of nitrogens with one attached hydrogen (secondary N) is 1. The van der Waals surface area contributed by atoms with E-state index in [0.29, 0.717) is 51.3 Å². The van der Waals surface area contributed by atoms with Crippen LogP contribution < -0.4 is 22.3 Å². The molecule has 11 nitrogen and oxygen atoms in total. The van der Waals surface area contributed by atoms with Crippen LogP contribution >= 0.6 is 105 Å². The van der Waals surface area contributed by atoms with Gasteiger partial charge in [-0.25, -0.2) is 0 Å². The van der Waals surface area contributed by atoms with Gasteiger partial charge in [-0.1, -0.05) is 165 Å². The summed E-state index contributed by atoms with van der Waals surface area (Å²) in [5.74, 6) is 0.190. The van der Waals surface area contributed by atoms with Crippen LogP contribution in [0, 0.1) is 6.07 Å². The fourth-order valence-corrected chi connectivity index (χ4v) is 13.8. The number of hydrogen-bond donors (Lipinski definition) is 5. The summed E-state index contributed by atoms with van der Waals surface area (Å²) in [5, 5.41) is 48.2. The maximum Gasteiger partial charge on any atom is 2.00 e. The number of hydrogen-bond acceptors (Lipinski definition) is 11. The molecule has 4 saturated heterocycles. The van der Waals surface area contributed by atoms with Crippen molar-refractivity contribution in [2.75, 3.05) is 26.2 Å². The molecule has 0 aromatic heterocycles. The minimum absolute atomic E-state index is 0. The van der Waals surface area contributed by atoms with E-state index in [0.717, 1.165) is 166 Å². The van der Waals surface area contributed by atoms with Crippen LogP contribution in [0.15, 0.2) is 72.8 Å². The first kappa shape index (κ1) is 85.6. The third-order valence-corrected chi connectivity index (χ3v) is 20.1. The van der Waals surface area contributed by atoms with Crippen molar-refractivity contribution < 1.29 is 51.5 Å². The van der Waals surface area contributed by atoms with Crippen LogP contribution in [-0.2, 0) is 4.79 Å². The molecule has 0 aliphatic carbocycles. The number of unbranched alkanes of at least 4 members (excludes halogenated alkanes) is 4. The van der Waals surface area contributed by atoms with Crippen LogP contribution in [-0.4, -0.2) is 145 Å². The van der Waals surface area contributed by atoms with Gasteiger partial charge in [0.15, 0.2) is 11.6 Å². The molecule has 5 N–H and O–H groups in total. The van der Waals surface area contributed by atoms with E-state index in [1.807, 2.05) is 20.5 Å². The quantitative estimate of drug-likeness (QED) is 0.0221. The van der Waals surface area contributed by atoms with E-state index in [1.165, 1.54) is 0 Å². The fourth-order valence-electron chi connectivity index (χ4n) is 12.6. The van der Waals surface area contributed by atoms with Crippen molar-refractivity contribution in [2.24, 2.45) is 0 Å². The standard InChI is InChI=1S/C16H24BCl2NO2.C16H22BCl2NO2.C15H19Cl2NO.C10H20BNO2.C6H3Cl2.BrH.ClH.Mg/c2*1-3-4-8-16(9-5-10-20(16)17(2)22)15(21)12-6-7-13(18)14(19)11-12;1-2-3-7-15(8-4-9-18-15)14(19)11-5-6-12(16)13(17)10-11;1-3-4-6-10(9-13)7-5-8-12(10)11(2)14;7-5-3-1-2-4-6(5)8;;;/h6-7,11,15,21-22H,3-5,8-10H2,1-2H3;6-7,11,22H,3-5,8-10H2,1-2H3;5-6,10,18H,2-4,7-9H2,1H3;9,14H,3-8H2,1-2H3;1,3-4H;2*1H;/q;;;;-1;;;+2/p-1. The summed E-state index contributed by atoms with van der Waals surface area (Å²) in [7, 11) is -1.71. The van der Waals surface area contributed by atoms with Crippen LogP contribution in [0.25, 0.3) is 0 Å². The minimum atomic E-state index is -0.689. The number of carbonyl (C=O) groups excluding carboxylic acids is 3. The van der Waals surface area contributed by atoms with Crippen LogP contribution in [0.4, 0.5) is 0 Å². The first-order valence-corrected chi connectivity index (χ1v) is 33.4. The van der Waals surface area contributed by atoms with Gasteiger partial charge in [-0.05, 0) is 178 Å². The first-order valence-electron chi connectivity index (χ1n) is 30.4. The molecule has 88 heavy (non-hydrogen) atoms. The Bertz CT molecular complexity index is 2730. The number of nitrogens with zero attached hydrogens (tertiary/aromatic N) is 3. The van der Waals surface area contributed by atoms with Crippen LogP contribution in [0.3, 0.4) is 0 Å². The molecule has 4 fully saturated rings. The molecule has 0 spiro atoms. The maximum atomic E-state index is 13.2. The van der Waals surface area contributed by atoms with E-state index in [9.17, 15) is 34.6 Å². The molecule has 5 unspecified atom stereocenters. The molecule has 5 atom stereocenters. The Morgan fingerprint density at radius 3 is 1.52 bits per heavy atom. The SMILES string of the molecule is CCCCC1(C(=O)c2ccc(Cl)c(Cl)c2)CCCN1.CCCCC1(C(=O)c2ccc(Cl)c(Cl)c2)CCCN1B(C)O.CCCCC1(C(O)c2ccc(Cl)c(Cl)c2)CCCN1B(C)O.CCCCC1(C=O)CCCN1B(C)O.Cl.Clc1c[c-]ccc1Cl.[Br-].[Mg+2]. The maximum absolute atomic E-state index is 13.2. The van der Waals surface area contributed by atoms with Crippen molar-refractivity contribution in [3.63, 3.8) is 0 Å². The van der Waals surface area contributed by atoms with Crippen LogP contribution in [0.2, 0.25) is 60.7 Å². The average molecular weight is 1470 g/mol. The summed E-state index contributed by atoms with van der Waals surface area (Å²) in [6, 6.07) is 23.3. The van der Waals surface area contributed by atoms with Gasteiger partial charge in [0.2, 0.25) is 0 Å². The minimum Gasteiger partial charge on any atom is -1.00 e. The fraction of sp³-hybridized carbons (Fsp3) is 0.571. The zero-order chi connectivity index (χ0) is 63.1. The summed E-state index contributed by atoms with van der Waals surface area (Å²) in [5.41, 5.74) is 0.163. The molecular weight excluding hydrogens is 1380 g/mol. The Balaban J connectivity index is 0.000000561. The largest absolute Gasteiger partial charge is 2.00 e. The zero-order valence-corrected chi connectivity index (χ0v) is 62.0. The van der Waals surface area contributed by atoms with Gasteiger partial charge in [0.05, 0.1) is 52.9 Å². The van der Waals surface area contributed by atoms with E-state index in [2.05, 4.69) is 39.1 Å². The van der Waals surface area contributed by atoms with Gasteiger partial charge in [-0.15, -0.1) is 24.0 Å². The zero-order valence-electron chi connectivity index (χ0n) is 52.2. The Morgan fingerprint density at radius 1 is 0.580 bits per heavy atom. The number of benzene rings is 4. The van der Waals surface area contributed by atoms with E-state index >= 15 is 0 Å². The van der Waals surface area contributed by atoms with E-state index in [-0.39, 0.29) is 69.5 Å². The summed E-state index contributed by atoms with van der Waals surface area (Å²) < 4.78 is 0.